The van der Waals surface area contributed by atoms with E-state index in [-0.39, 0.29) is 0 Å². The SMILES string of the molecule is COCC1CC2(CCN(Cc3cccnc3OC)CC2)CN1C.O=C(O)C(F)(F)F.O=C(O)C(F)(F)F.O=C(O)C(F)(F)F. The fraction of sp³-hybridized carbons (Fsp3) is 0.667. The van der Waals surface area contributed by atoms with E-state index in [2.05, 4.69) is 27.9 Å². The molecule has 2 saturated heterocycles. The van der Waals surface area contributed by atoms with Gasteiger partial charge in [-0.3, -0.25) is 4.90 Å². The molecule has 1 aromatic heterocycles. The number of piperidine rings is 1. The average Bonchev–Trinajstić information content (AvgIpc) is 3.19. The highest BCUT2D eigenvalue weighted by Gasteiger charge is 2.44. The first-order valence-electron chi connectivity index (χ1n) is 12.3. The Balaban J connectivity index is 0.000000721. The number of likely N-dealkylation sites (tertiary alicyclic amines) is 2. The maximum absolute atomic E-state index is 10.6. The third-order valence-corrected chi connectivity index (χ3v) is 6.32. The first kappa shape index (κ1) is 40.6. The maximum atomic E-state index is 10.6. The molecule has 1 atom stereocenters. The second kappa shape index (κ2) is 17.2. The van der Waals surface area contributed by atoms with Gasteiger partial charge >= 0.3 is 36.4 Å². The van der Waals surface area contributed by atoms with E-state index < -0.39 is 36.4 Å². The molecule has 1 aromatic rings. The number of halogens is 9. The Morgan fingerprint density at radius 2 is 1.34 bits per heavy atom. The normalized spacial score (nSPS) is 18.5. The molecule has 3 N–H and O–H groups in total. The summed E-state index contributed by atoms with van der Waals surface area (Å²) >= 11 is 0. The summed E-state index contributed by atoms with van der Waals surface area (Å²) in [5.74, 6) is -7.51. The number of likely N-dealkylation sites (N-methyl/N-ethyl adjacent to an activating group) is 1. The first-order chi connectivity index (χ1) is 20.0. The van der Waals surface area contributed by atoms with E-state index >= 15 is 0 Å². The fourth-order valence-corrected chi connectivity index (χ4v) is 4.27. The van der Waals surface area contributed by atoms with Crippen molar-refractivity contribution in [1.82, 2.24) is 14.8 Å². The summed E-state index contributed by atoms with van der Waals surface area (Å²) in [6, 6.07) is 4.70. The summed E-state index contributed by atoms with van der Waals surface area (Å²) in [4.78, 5) is 36.0. The van der Waals surface area contributed by atoms with Gasteiger partial charge < -0.3 is 29.7 Å². The van der Waals surface area contributed by atoms with Crippen molar-refractivity contribution < 1.29 is 78.7 Å². The standard InChI is InChI=1S/C18H29N3O2.3C2HF3O2/c1-20-14-18(11-16(20)13-22-2)6-9-21(10-7-18)12-15-5-4-8-19-17(15)23-3;3*3-2(4,5)1(6)7/h4-5,8,16H,6-7,9-14H2,1-3H3;3*(H,6,7). The van der Waals surface area contributed by atoms with Crippen molar-refractivity contribution in [3.8, 4) is 5.88 Å². The van der Waals surface area contributed by atoms with E-state index in [9.17, 15) is 39.5 Å². The number of ether oxygens (including phenoxy) is 2. The summed E-state index contributed by atoms with van der Waals surface area (Å²) in [7, 11) is 5.75. The fourth-order valence-electron chi connectivity index (χ4n) is 4.27. The van der Waals surface area contributed by atoms with Gasteiger partial charge in [-0.1, -0.05) is 6.07 Å². The van der Waals surface area contributed by atoms with Crippen molar-refractivity contribution in [2.45, 2.75) is 50.4 Å². The molecule has 0 aromatic carbocycles. The molecule has 1 spiro atoms. The predicted molar refractivity (Wildman–Crippen MR) is 132 cm³/mol. The van der Waals surface area contributed by atoms with Crippen LogP contribution in [-0.4, -0.2) is 120 Å². The minimum atomic E-state index is -5.08. The van der Waals surface area contributed by atoms with Gasteiger partial charge in [0, 0.05) is 38.0 Å². The summed E-state index contributed by atoms with van der Waals surface area (Å²) < 4.78 is 106. The van der Waals surface area contributed by atoms with Gasteiger partial charge in [0.25, 0.3) is 0 Å². The van der Waals surface area contributed by atoms with Gasteiger partial charge in [-0.05, 0) is 50.9 Å². The quantitative estimate of drug-likeness (QED) is 0.394. The number of aromatic nitrogens is 1. The van der Waals surface area contributed by atoms with Gasteiger partial charge in [-0.25, -0.2) is 19.4 Å². The summed E-state index contributed by atoms with van der Waals surface area (Å²) in [5, 5.41) is 21.4. The zero-order valence-electron chi connectivity index (χ0n) is 23.6. The Bertz CT molecular complexity index is 1000. The van der Waals surface area contributed by atoms with Gasteiger partial charge in [0.2, 0.25) is 5.88 Å². The number of alkyl halides is 9. The molecule has 1 unspecified atom stereocenters. The lowest BCUT2D eigenvalue weighted by Crippen LogP contribution is -2.40. The molecule has 0 amide bonds. The van der Waals surface area contributed by atoms with Gasteiger partial charge in [-0.2, -0.15) is 39.5 Å². The zero-order chi connectivity index (χ0) is 34.5. The van der Waals surface area contributed by atoms with Crippen LogP contribution in [0.15, 0.2) is 18.3 Å². The molecule has 3 rings (SSSR count). The molecule has 2 aliphatic rings. The molecule has 0 saturated carbocycles. The molecular weight excluding hydrogens is 629 g/mol. The van der Waals surface area contributed by atoms with Gasteiger partial charge in [0.1, 0.15) is 0 Å². The number of aliphatic carboxylic acids is 3. The van der Waals surface area contributed by atoms with Crippen molar-refractivity contribution in [3.63, 3.8) is 0 Å². The van der Waals surface area contributed by atoms with Crippen LogP contribution in [0.3, 0.4) is 0 Å². The Labute approximate surface area is 245 Å². The van der Waals surface area contributed by atoms with Crippen molar-refractivity contribution in [3.05, 3.63) is 23.9 Å². The summed E-state index contributed by atoms with van der Waals surface area (Å²) in [6.07, 6.45) is -9.63. The van der Waals surface area contributed by atoms with Crippen LogP contribution in [0.1, 0.15) is 24.8 Å². The molecule has 11 nitrogen and oxygen atoms in total. The van der Waals surface area contributed by atoms with E-state index in [0.717, 1.165) is 32.1 Å². The third kappa shape index (κ3) is 14.9. The summed E-state index contributed by atoms with van der Waals surface area (Å²) in [5.41, 5.74) is 1.68. The van der Waals surface area contributed by atoms with Crippen LogP contribution in [-0.2, 0) is 25.7 Å². The number of nitrogens with zero attached hydrogens (tertiary/aromatic N) is 3. The lowest BCUT2D eigenvalue weighted by Gasteiger charge is -2.39. The highest BCUT2D eigenvalue weighted by molar-refractivity contribution is 5.73. The average molecular weight is 662 g/mol. The molecular formula is C24H32F9N3O8. The number of hydrogen-bond donors (Lipinski definition) is 3. The van der Waals surface area contributed by atoms with Crippen LogP contribution in [0.25, 0.3) is 0 Å². The van der Waals surface area contributed by atoms with E-state index in [1.54, 1.807) is 13.3 Å². The van der Waals surface area contributed by atoms with Crippen molar-refractivity contribution in [1.29, 1.82) is 0 Å². The van der Waals surface area contributed by atoms with Crippen LogP contribution in [0, 0.1) is 5.41 Å². The van der Waals surface area contributed by atoms with E-state index in [1.165, 1.54) is 31.4 Å². The molecule has 254 valence electrons. The van der Waals surface area contributed by atoms with Gasteiger partial charge in [0.05, 0.1) is 13.7 Å². The minimum Gasteiger partial charge on any atom is -0.481 e. The second-order valence-electron chi connectivity index (χ2n) is 9.59. The molecule has 0 radical (unpaired) electrons. The van der Waals surface area contributed by atoms with Crippen LogP contribution in [0.4, 0.5) is 39.5 Å². The monoisotopic (exact) mass is 661 g/mol. The molecule has 0 aliphatic carbocycles. The Morgan fingerprint density at radius 1 is 0.909 bits per heavy atom. The number of carboxylic acids is 3. The molecule has 3 heterocycles. The second-order valence-corrected chi connectivity index (χ2v) is 9.59. The number of pyridine rings is 1. The predicted octanol–water partition coefficient (Wildman–Crippen LogP) is 3.92. The lowest BCUT2D eigenvalue weighted by atomic mass is 9.76. The first-order valence-corrected chi connectivity index (χ1v) is 12.3. The van der Waals surface area contributed by atoms with Crippen molar-refractivity contribution >= 4 is 17.9 Å². The number of carbonyl (C=O) groups is 3. The number of rotatable bonds is 5. The van der Waals surface area contributed by atoms with Crippen molar-refractivity contribution in [2.75, 3.05) is 47.5 Å². The largest absolute Gasteiger partial charge is 0.490 e. The number of carboxylic acid groups (broad SMARTS) is 3. The molecule has 2 aliphatic heterocycles. The highest BCUT2D eigenvalue weighted by atomic mass is 19.4. The molecule has 20 heteroatoms. The van der Waals surface area contributed by atoms with Crippen LogP contribution in [0.2, 0.25) is 0 Å². The minimum absolute atomic E-state index is 0.494. The third-order valence-electron chi connectivity index (χ3n) is 6.32. The number of methoxy groups -OCH3 is 2. The Morgan fingerprint density at radius 3 is 1.70 bits per heavy atom. The van der Waals surface area contributed by atoms with Gasteiger partial charge in [-0.15, -0.1) is 0 Å². The topological polar surface area (TPSA) is 150 Å². The smallest absolute Gasteiger partial charge is 0.481 e. The Hall–Kier alpha value is -3.39. The number of hydrogen-bond acceptors (Lipinski definition) is 8. The highest BCUT2D eigenvalue weighted by Crippen LogP contribution is 2.43. The maximum Gasteiger partial charge on any atom is 0.490 e. The molecule has 0 bridgehead atoms. The van der Waals surface area contributed by atoms with Crippen LogP contribution < -0.4 is 4.74 Å². The summed E-state index contributed by atoms with van der Waals surface area (Å²) in [6.45, 7) is 5.32. The van der Waals surface area contributed by atoms with Crippen molar-refractivity contribution in [2.24, 2.45) is 5.41 Å². The molecule has 44 heavy (non-hydrogen) atoms. The van der Waals surface area contributed by atoms with E-state index in [4.69, 9.17) is 39.2 Å². The Kier molecular flexibility index (Phi) is 15.9. The van der Waals surface area contributed by atoms with Gasteiger partial charge in [0.15, 0.2) is 0 Å². The van der Waals surface area contributed by atoms with Crippen LogP contribution >= 0.6 is 0 Å². The molecule has 2 fully saturated rings. The lowest BCUT2D eigenvalue weighted by molar-refractivity contribution is -0.193. The van der Waals surface area contributed by atoms with E-state index in [0.29, 0.717) is 11.5 Å². The van der Waals surface area contributed by atoms with E-state index in [1.807, 2.05) is 13.2 Å². The van der Waals surface area contributed by atoms with Crippen LogP contribution in [0.5, 0.6) is 5.88 Å². The zero-order valence-corrected chi connectivity index (χ0v) is 23.6.